The number of benzene rings is 1. The zero-order valence-electron chi connectivity index (χ0n) is 10.6. The first-order valence-electron chi connectivity index (χ1n) is 6.39. The number of nitrogens with two attached hydrogens (primary N) is 1. The molecule has 0 radical (unpaired) electrons. The Balaban J connectivity index is 2.12. The molecule has 18 heavy (non-hydrogen) atoms. The highest BCUT2D eigenvalue weighted by molar-refractivity contribution is 6.33. The van der Waals surface area contributed by atoms with E-state index in [0.29, 0.717) is 17.5 Å². The van der Waals surface area contributed by atoms with Gasteiger partial charge in [0.05, 0.1) is 10.7 Å². The second kappa shape index (κ2) is 5.72. The number of carbonyl (C=O) groups excluding carboxylic acids is 1. The van der Waals surface area contributed by atoms with E-state index in [1.54, 1.807) is 6.07 Å². The molecular weight excluding hydrogens is 248 g/mol. The number of amides is 1. The van der Waals surface area contributed by atoms with Gasteiger partial charge in [-0.15, -0.1) is 0 Å². The van der Waals surface area contributed by atoms with Crippen LogP contribution in [0.5, 0.6) is 0 Å². The molecule has 98 valence electrons. The standard InChI is InChI=1S/C14H19ClN2O/c1-9-4-2-7-12(15)13(9)17-14(18)11-6-3-5-10(11)8-16/h2,4,7,10-11H,3,5-6,8,16H2,1H3,(H,17,18). The zero-order chi connectivity index (χ0) is 13.1. The number of hydrogen-bond acceptors (Lipinski definition) is 2. The summed E-state index contributed by atoms with van der Waals surface area (Å²) < 4.78 is 0. The van der Waals surface area contributed by atoms with Gasteiger partial charge in [0.2, 0.25) is 5.91 Å². The van der Waals surface area contributed by atoms with Crippen LogP contribution in [0.25, 0.3) is 0 Å². The van der Waals surface area contributed by atoms with E-state index in [1.807, 2.05) is 19.1 Å². The predicted molar refractivity (Wildman–Crippen MR) is 74.7 cm³/mol. The quantitative estimate of drug-likeness (QED) is 0.884. The van der Waals surface area contributed by atoms with Gasteiger partial charge in [-0.05, 0) is 43.9 Å². The van der Waals surface area contributed by atoms with Gasteiger partial charge in [0.25, 0.3) is 0 Å². The highest BCUT2D eigenvalue weighted by atomic mass is 35.5. The molecule has 2 unspecified atom stereocenters. The Morgan fingerprint density at radius 1 is 1.50 bits per heavy atom. The lowest BCUT2D eigenvalue weighted by Crippen LogP contribution is -2.30. The van der Waals surface area contributed by atoms with E-state index in [4.69, 9.17) is 17.3 Å². The van der Waals surface area contributed by atoms with Gasteiger partial charge in [0.1, 0.15) is 0 Å². The summed E-state index contributed by atoms with van der Waals surface area (Å²) in [5.74, 6) is 0.401. The van der Waals surface area contributed by atoms with Crippen LogP contribution in [-0.2, 0) is 4.79 Å². The van der Waals surface area contributed by atoms with E-state index < -0.39 is 0 Å². The number of anilines is 1. The first-order chi connectivity index (χ1) is 8.63. The fraction of sp³-hybridized carbons (Fsp3) is 0.500. The Kier molecular flexibility index (Phi) is 4.25. The highest BCUT2D eigenvalue weighted by Gasteiger charge is 2.32. The van der Waals surface area contributed by atoms with E-state index in [-0.39, 0.29) is 11.8 Å². The summed E-state index contributed by atoms with van der Waals surface area (Å²) in [6, 6.07) is 5.61. The third-order valence-corrected chi connectivity index (χ3v) is 4.08. The van der Waals surface area contributed by atoms with Gasteiger partial charge in [0, 0.05) is 5.92 Å². The van der Waals surface area contributed by atoms with Gasteiger partial charge in [-0.3, -0.25) is 4.79 Å². The van der Waals surface area contributed by atoms with E-state index >= 15 is 0 Å². The van der Waals surface area contributed by atoms with Crippen molar-refractivity contribution < 1.29 is 4.79 Å². The van der Waals surface area contributed by atoms with Crippen LogP contribution in [0.4, 0.5) is 5.69 Å². The Morgan fingerprint density at radius 2 is 2.28 bits per heavy atom. The van der Waals surface area contributed by atoms with E-state index in [0.717, 1.165) is 30.5 Å². The Labute approximate surface area is 113 Å². The molecule has 2 atom stereocenters. The third kappa shape index (κ3) is 2.68. The molecule has 1 fully saturated rings. The smallest absolute Gasteiger partial charge is 0.227 e. The maximum Gasteiger partial charge on any atom is 0.227 e. The lowest BCUT2D eigenvalue weighted by Gasteiger charge is -2.18. The average Bonchev–Trinajstić information content (AvgIpc) is 2.82. The molecule has 1 aromatic rings. The number of halogens is 1. The van der Waals surface area contributed by atoms with Gasteiger partial charge in [-0.1, -0.05) is 30.2 Å². The van der Waals surface area contributed by atoms with Gasteiger partial charge in [-0.25, -0.2) is 0 Å². The summed E-state index contributed by atoms with van der Waals surface area (Å²) in [5, 5.41) is 3.55. The highest BCUT2D eigenvalue weighted by Crippen LogP contribution is 2.33. The Bertz CT molecular complexity index is 427. The summed E-state index contributed by atoms with van der Waals surface area (Å²) >= 11 is 6.11. The van der Waals surface area contributed by atoms with Gasteiger partial charge in [0.15, 0.2) is 0 Å². The maximum absolute atomic E-state index is 12.3. The molecule has 4 heteroatoms. The molecule has 2 rings (SSSR count). The molecule has 0 aliphatic heterocycles. The normalized spacial score (nSPS) is 23.1. The predicted octanol–water partition coefficient (Wildman–Crippen LogP) is 2.96. The maximum atomic E-state index is 12.3. The van der Waals surface area contributed by atoms with Crippen molar-refractivity contribution in [1.82, 2.24) is 0 Å². The Morgan fingerprint density at radius 3 is 2.94 bits per heavy atom. The molecule has 1 saturated carbocycles. The Hall–Kier alpha value is -1.06. The van der Waals surface area contributed by atoms with Crippen LogP contribution in [0.1, 0.15) is 24.8 Å². The van der Waals surface area contributed by atoms with Crippen LogP contribution in [0, 0.1) is 18.8 Å². The van der Waals surface area contributed by atoms with E-state index in [2.05, 4.69) is 5.32 Å². The van der Waals surface area contributed by atoms with E-state index in [1.165, 1.54) is 0 Å². The average molecular weight is 267 g/mol. The van der Waals surface area contributed by atoms with Crippen molar-refractivity contribution in [1.29, 1.82) is 0 Å². The first kappa shape index (κ1) is 13.4. The molecule has 0 spiro atoms. The van der Waals surface area contributed by atoms with Crippen molar-refractivity contribution >= 4 is 23.2 Å². The molecule has 0 saturated heterocycles. The first-order valence-corrected chi connectivity index (χ1v) is 6.77. The van der Waals surface area contributed by atoms with Gasteiger partial charge in [-0.2, -0.15) is 0 Å². The number of carbonyl (C=O) groups is 1. The number of hydrogen-bond donors (Lipinski definition) is 2. The topological polar surface area (TPSA) is 55.1 Å². The summed E-state index contributed by atoms with van der Waals surface area (Å²) in [6.45, 7) is 2.52. The van der Waals surface area contributed by atoms with Crippen LogP contribution >= 0.6 is 11.6 Å². The van der Waals surface area contributed by atoms with E-state index in [9.17, 15) is 4.79 Å². The fourth-order valence-electron chi connectivity index (χ4n) is 2.67. The van der Waals surface area contributed by atoms with Crippen molar-refractivity contribution in [3.63, 3.8) is 0 Å². The lowest BCUT2D eigenvalue weighted by molar-refractivity contribution is -0.120. The van der Waals surface area contributed by atoms with Crippen LogP contribution < -0.4 is 11.1 Å². The lowest BCUT2D eigenvalue weighted by atomic mass is 9.95. The summed E-state index contributed by atoms with van der Waals surface area (Å²) in [5.41, 5.74) is 7.42. The number of para-hydroxylation sites is 1. The summed E-state index contributed by atoms with van der Waals surface area (Å²) in [7, 11) is 0. The number of aryl methyl sites for hydroxylation is 1. The monoisotopic (exact) mass is 266 g/mol. The third-order valence-electron chi connectivity index (χ3n) is 3.77. The fourth-order valence-corrected chi connectivity index (χ4v) is 2.94. The molecule has 3 N–H and O–H groups in total. The molecule has 1 aliphatic rings. The summed E-state index contributed by atoms with van der Waals surface area (Å²) in [6.07, 6.45) is 3.06. The minimum atomic E-state index is 0.0330. The second-order valence-corrected chi connectivity index (χ2v) is 5.36. The summed E-state index contributed by atoms with van der Waals surface area (Å²) in [4.78, 5) is 12.3. The number of rotatable bonds is 3. The van der Waals surface area contributed by atoms with Gasteiger partial charge < -0.3 is 11.1 Å². The molecule has 1 aromatic carbocycles. The SMILES string of the molecule is Cc1cccc(Cl)c1NC(=O)C1CCCC1CN. The van der Waals surface area contributed by atoms with Crippen molar-refractivity contribution in [2.24, 2.45) is 17.6 Å². The molecule has 0 bridgehead atoms. The minimum Gasteiger partial charge on any atom is -0.330 e. The zero-order valence-corrected chi connectivity index (χ0v) is 11.3. The molecule has 3 nitrogen and oxygen atoms in total. The largest absolute Gasteiger partial charge is 0.330 e. The van der Waals surface area contributed by atoms with Crippen LogP contribution in [0.3, 0.4) is 0 Å². The van der Waals surface area contributed by atoms with Crippen LogP contribution in [-0.4, -0.2) is 12.5 Å². The number of nitrogens with one attached hydrogen (secondary N) is 1. The minimum absolute atomic E-state index is 0.0330. The van der Waals surface area contributed by atoms with Gasteiger partial charge >= 0.3 is 0 Å². The molecule has 1 aliphatic carbocycles. The molecule has 0 aromatic heterocycles. The molecular formula is C14H19ClN2O. The second-order valence-electron chi connectivity index (χ2n) is 4.95. The van der Waals surface area contributed by atoms with Crippen molar-refractivity contribution in [2.45, 2.75) is 26.2 Å². The van der Waals surface area contributed by atoms with Crippen LogP contribution in [0.15, 0.2) is 18.2 Å². The van der Waals surface area contributed by atoms with Crippen molar-refractivity contribution in [2.75, 3.05) is 11.9 Å². The molecule has 0 heterocycles. The van der Waals surface area contributed by atoms with Crippen molar-refractivity contribution in [3.8, 4) is 0 Å². The van der Waals surface area contributed by atoms with Crippen LogP contribution in [0.2, 0.25) is 5.02 Å². The van der Waals surface area contributed by atoms with Crippen molar-refractivity contribution in [3.05, 3.63) is 28.8 Å². The molecule has 1 amide bonds.